The van der Waals surface area contributed by atoms with Gasteiger partial charge >= 0.3 is 6.36 Å². The van der Waals surface area contributed by atoms with Gasteiger partial charge in [0.15, 0.2) is 0 Å². The largest absolute Gasteiger partial charge is 0.522 e. The molecule has 0 radical (unpaired) electrons. The van der Waals surface area contributed by atoms with E-state index in [0.717, 1.165) is 17.4 Å². The van der Waals surface area contributed by atoms with Crippen LogP contribution in [0, 0.1) is 6.92 Å². The second-order valence-corrected chi connectivity index (χ2v) is 2.62. The van der Waals surface area contributed by atoms with E-state index in [1.54, 1.807) is 0 Å². The minimum Gasteiger partial charge on any atom is -0.298 e. The molecular formula is C12H17F3O2. The molecule has 0 aliphatic carbocycles. The lowest BCUT2D eigenvalue weighted by atomic mass is 10.1. The lowest BCUT2D eigenvalue weighted by Crippen LogP contribution is -2.08. The van der Waals surface area contributed by atoms with E-state index < -0.39 is 6.36 Å². The van der Waals surface area contributed by atoms with Crippen molar-refractivity contribution in [2.24, 2.45) is 0 Å². The molecule has 0 aliphatic heterocycles. The zero-order valence-electron chi connectivity index (χ0n) is 10.3. The predicted octanol–water partition coefficient (Wildman–Crippen LogP) is 3.99. The molecule has 98 valence electrons. The smallest absolute Gasteiger partial charge is 0.298 e. The molecule has 1 rings (SSSR count). The summed E-state index contributed by atoms with van der Waals surface area (Å²) in [6.07, 6.45) is -3.59. The number of rotatable bonds is 1. The summed E-state index contributed by atoms with van der Waals surface area (Å²) in [6.45, 7) is 5.92. The second-order valence-electron chi connectivity index (χ2n) is 2.62. The van der Waals surface area contributed by atoms with E-state index in [1.165, 1.54) is 0 Å². The molecule has 0 spiro atoms. The molecule has 0 unspecified atom stereocenters. The predicted molar refractivity (Wildman–Crippen MR) is 61.0 cm³/mol. The third-order valence-electron chi connectivity index (χ3n) is 1.55. The third kappa shape index (κ3) is 10.9. The zero-order valence-corrected chi connectivity index (χ0v) is 10.3. The van der Waals surface area contributed by atoms with Crippen LogP contribution in [0.1, 0.15) is 29.8 Å². The number of hydrogen-bond acceptors (Lipinski definition) is 2. The van der Waals surface area contributed by atoms with Crippen molar-refractivity contribution in [2.75, 3.05) is 7.11 Å². The molecule has 0 saturated heterocycles. The minimum atomic E-state index is -4.46. The number of hydrogen-bond donors (Lipinski definition) is 0. The van der Waals surface area contributed by atoms with Crippen molar-refractivity contribution < 1.29 is 22.7 Å². The van der Waals surface area contributed by atoms with Gasteiger partial charge < -0.3 is 0 Å². The first-order valence-corrected chi connectivity index (χ1v) is 5.03. The van der Waals surface area contributed by atoms with Crippen molar-refractivity contribution >= 4 is 6.29 Å². The SMILES string of the molecule is CC.COC(F)(F)F.Cc1ccccc1C=O. The summed E-state index contributed by atoms with van der Waals surface area (Å²) >= 11 is 0. The lowest BCUT2D eigenvalue weighted by Gasteiger charge is -1.97. The maximum absolute atomic E-state index is 10.6. The number of aldehydes is 1. The summed E-state index contributed by atoms with van der Waals surface area (Å²) in [7, 11) is 0.583. The number of halogens is 3. The molecule has 0 amide bonds. The maximum Gasteiger partial charge on any atom is 0.522 e. The van der Waals surface area contributed by atoms with Gasteiger partial charge in [0.2, 0.25) is 0 Å². The Balaban J connectivity index is 0. The van der Waals surface area contributed by atoms with Crippen molar-refractivity contribution in [3.05, 3.63) is 35.4 Å². The standard InChI is InChI=1S/C8H8O.C2H3F3O.C2H6/c1-7-4-2-3-5-8(7)6-9;1-6-2(3,4)5;1-2/h2-6H,1H3;1H3;1-2H3. The zero-order chi connectivity index (χ0) is 13.9. The van der Waals surface area contributed by atoms with E-state index in [9.17, 15) is 18.0 Å². The second kappa shape index (κ2) is 9.84. The molecule has 17 heavy (non-hydrogen) atoms. The van der Waals surface area contributed by atoms with Gasteiger partial charge in [0.05, 0.1) is 0 Å². The Labute approximate surface area is 99.4 Å². The molecule has 0 atom stereocenters. The molecular weight excluding hydrogens is 233 g/mol. The Morgan fingerprint density at radius 3 is 1.82 bits per heavy atom. The summed E-state index contributed by atoms with van der Waals surface area (Å²) in [4.78, 5) is 10.2. The average molecular weight is 250 g/mol. The summed E-state index contributed by atoms with van der Waals surface area (Å²) in [5, 5.41) is 0. The molecule has 0 aliphatic rings. The van der Waals surface area contributed by atoms with E-state index in [-0.39, 0.29) is 0 Å². The number of carbonyl (C=O) groups excluding carboxylic acids is 1. The van der Waals surface area contributed by atoms with Gasteiger partial charge in [-0.2, -0.15) is 0 Å². The van der Waals surface area contributed by atoms with Crippen molar-refractivity contribution in [3.8, 4) is 0 Å². The first-order chi connectivity index (χ1) is 7.90. The number of methoxy groups -OCH3 is 1. The van der Waals surface area contributed by atoms with Gasteiger partial charge in [0, 0.05) is 12.7 Å². The molecule has 0 fully saturated rings. The van der Waals surface area contributed by atoms with Crippen LogP contribution in [0.2, 0.25) is 0 Å². The van der Waals surface area contributed by atoms with Gasteiger partial charge in [-0.15, -0.1) is 13.2 Å². The molecule has 1 aromatic rings. The third-order valence-corrected chi connectivity index (χ3v) is 1.55. The van der Waals surface area contributed by atoms with Gasteiger partial charge in [-0.05, 0) is 12.5 Å². The molecule has 0 heterocycles. The minimum absolute atomic E-state index is 0.583. The summed E-state index contributed by atoms with van der Waals surface area (Å²) in [6, 6.07) is 7.51. The number of carbonyl (C=O) groups is 1. The number of alkyl halides is 3. The van der Waals surface area contributed by atoms with Crippen LogP contribution in [0.25, 0.3) is 0 Å². The maximum atomic E-state index is 10.6. The highest BCUT2D eigenvalue weighted by Crippen LogP contribution is 2.13. The Morgan fingerprint density at radius 2 is 1.59 bits per heavy atom. The Hall–Kier alpha value is -1.36. The van der Waals surface area contributed by atoms with Crippen LogP contribution in [0.3, 0.4) is 0 Å². The first-order valence-electron chi connectivity index (χ1n) is 5.03. The van der Waals surface area contributed by atoms with E-state index >= 15 is 0 Å². The quantitative estimate of drug-likeness (QED) is 0.704. The van der Waals surface area contributed by atoms with Crippen molar-refractivity contribution in [2.45, 2.75) is 27.1 Å². The van der Waals surface area contributed by atoms with E-state index in [4.69, 9.17) is 0 Å². The highest BCUT2D eigenvalue weighted by Gasteiger charge is 2.25. The van der Waals surface area contributed by atoms with Gasteiger partial charge in [0.25, 0.3) is 0 Å². The van der Waals surface area contributed by atoms with Crippen LogP contribution in [-0.2, 0) is 4.74 Å². The van der Waals surface area contributed by atoms with Crippen LogP contribution in [0.15, 0.2) is 24.3 Å². The summed E-state index contributed by atoms with van der Waals surface area (Å²) in [5.74, 6) is 0. The number of ether oxygens (including phenoxy) is 1. The van der Waals surface area contributed by atoms with Crippen molar-refractivity contribution in [1.29, 1.82) is 0 Å². The van der Waals surface area contributed by atoms with E-state index in [0.29, 0.717) is 7.11 Å². The fourth-order valence-electron chi connectivity index (χ4n) is 0.719. The van der Waals surface area contributed by atoms with E-state index in [2.05, 4.69) is 4.74 Å². The van der Waals surface area contributed by atoms with Crippen LogP contribution < -0.4 is 0 Å². The lowest BCUT2D eigenvalue weighted by molar-refractivity contribution is -0.311. The van der Waals surface area contributed by atoms with Gasteiger partial charge in [0.1, 0.15) is 6.29 Å². The van der Waals surface area contributed by atoms with Crippen LogP contribution in [0.4, 0.5) is 13.2 Å². The number of benzene rings is 1. The normalized spacial score (nSPS) is 9.35. The van der Waals surface area contributed by atoms with Gasteiger partial charge in [-0.3, -0.25) is 9.53 Å². The molecule has 0 saturated carbocycles. The topological polar surface area (TPSA) is 26.3 Å². The summed E-state index contributed by atoms with van der Waals surface area (Å²) in [5.41, 5.74) is 1.81. The Bertz CT molecular complexity index is 309. The van der Waals surface area contributed by atoms with E-state index in [1.807, 2.05) is 45.0 Å². The molecule has 0 aromatic heterocycles. The number of aryl methyl sites for hydroxylation is 1. The van der Waals surface area contributed by atoms with Crippen molar-refractivity contribution in [3.63, 3.8) is 0 Å². The monoisotopic (exact) mass is 250 g/mol. The molecule has 0 bridgehead atoms. The fraction of sp³-hybridized carbons (Fsp3) is 0.417. The van der Waals surface area contributed by atoms with Gasteiger partial charge in [-0.25, -0.2) is 0 Å². The highest BCUT2D eigenvalue weighted by molar-refractivity contribution is 5.76. The summed E-state index contributed by atoms with van der Waals surface area (Å²) < 4.78 is 34.6. The van der Waals surface area contributed by atoms with Crippen LogP contribution >= 0.6 is 0 Å². The Kier molecular flexibility index (Phi) is 10.4. The van der Waals surface area contributed by atoms with Crippen LogP contribution in [-0.4, -0.2) is 19.8 Å². The molecule has 1 aromatic carbocycles. The highest BCUT2D eigenvalue weighted by atomic mass is 19.4. The van der Waals surface area contributed by atoms with Crippen LogP contribution in [0.5, 0.6) is 0 Å². The molecule has 5 heteroatoms. The van der Waals surface area contributed by atoms with Crippen molar-refractivity contribution in [1.82, 2.24) is 0 Å². The first kappa shape index (κ1) is 18.0. The average Bonchev–Trinajstić information content (AvgIpc) is 2.32. The molecule has 0 N–H and O–H groups in total. The fourth-order valence-corrected chi connectivity index (χ4v) is 0.719. The molecule has 2 nitrogen and oxygen atoms in total. The Morgan fingerprint density at radius 1 is 1.18 bits per heavy atom. The van der Waals surface area contributed by atoms with Gasteiger partial charge in [-0.1, -0.05) is 38.1 Å².